The minimum atomic E-state index is -0.610. The molecule has 4 heteroatoms. The lowest BCUT2D eigenvalue weighted by molar-refractivity contribution is 0.180. The Morgan fingerprint density at radius 3 is 2.65 bits per heavy atom. The number of hydrogen-bond acceptors (Lipinski definition) is 2. The molecule has 0 saturated carbocycles. The highest BCUT2D eigenvalue weighted by atomic mass is 19.1. The second-order valence-corrected chi connectivity index (χ2v) is 4.90. The third-order valence-electron chi connectivity index (χ3n) is 3.61. The third-order valence-corrected chi connectivity index (χ3v) is 3.61. The van der Waals surface area contributed by atoms with Gasteiger partial charge in [0.05, 0.1) is 11.7 Å². The van der Waals surface area contributed by atoms with Gasteiger partial charge in [0.1, 0.15) is 24.0 Å². The van der Waals surface area contributed by atoms with E-state index in [0.717, 1.165) is 17.5 Å². The fraction of sp³-hybridized carbons (Fsp3) is 0.250. The van der Waals surface area contributed by atoms with Crippen molar-refractivity contribution in [2.75, 3.05) is 0 Å². The molecule has 0 heterocycles. The SMILES string of the molecule is OC1CCc2cc(OCc3c(F)cccc3F)ccc21. The Morgan fingerprint density at radius 2 is 1.90 bits per heavy atom. The van der Waals surface area contributed by atoms with E-state index >= 15 is 0 Å². The summed E-state index contributed by atoms with van der Waals surface area (Å²) < 4.78 is 32.4. The molecule has 1 N–H and O–H groups in total. The molecule has 104 valence electrons. The molecule has 0 aromatic heterocycles. The van der Waals surface area contributed by atoms with Crippen LogP contribution in [0.2, 0.25) is 0 Å². The van der Waals surface area contributed by atoms with E-state index in [2.05, 4.69) is 0 Å². The summed E-state index contributed by atoms with van der Waals surface area (Å²) >= 11 is 0. The summed E-state index contributed by atoms with van der Waals surface area (Å²) in [5.74, 6) is -0.663. The highest BCUT2D eigenvalue weighted by Gasteiger charge is 2.20. The van der Waals surface area contributed by atoms with Gasteiger partial charge < -0.3 is 9.84 Å². The molecule has 0 bridgehead atoms. The van der Waals surface area contributed by atoms with Crippen LogP contribution in [-0.4, -0.2) is 5.11 Å². The molecule has 3 rings (SSSR count). The summed E-state index contributed by atoms with van der Waals surface area (Å²) in [6.07, 6.45) is 1.09. The predicted octanol–water partition coefficient (Wildman–Crippen LogP) is 3.52. The normalized spacial score (nSPS) is 17.1. The van der Waals surface area contributed by atoms with Crippen LogP contribution in [-0.2, 0) is 13.0 Å². The lowest BCUT2D eigenvalue weighted by atomic mass is 10.1. The molecule has 2 nitrogen and oxygen atoms in total. The van der Waals surface area contributed by atoms with Crippen molar-refractivity contribution in [3.63, 3.8) is 0 Å². The van der Waals surface area contributed by atoms with Crippen LogP contribution >= 0.6 is 0 Å². The van der Waals surface area contributed by atoms with Crippen LogP contribution in [0.1, 0.15) is 29.2 Å². The van der Waals surface area contributed by atoms with E-state index in [1.165, 1.54) is 18.2 Å². The Kier molecular flexibility index (Phi) is 3.40. The number of halogens is 2. The van der Waals surface area contributed by atoms with Crippen molar-refractivity contribution in [2.45, 2.75) is 25.6 Å². The molecule has 1 aliphatic carbocycles. The van der Waals surface area contributed by atoms with Crippen molar-refractivity contribution in [1.29, 1.82) is 0 Å². The highest BCUT2D eigenvalue weighted by Crippen LogP contribution is 2.33. The number of hydrogen-bond donors (Lipinski definition) is 1. The summed E-state index contributed by atoms with van der Waals surface area (Å²) in [6.45, 7) is -0.153. The first-order chi connectivity index (χ1) is 9.65. The molecule has 1 aliphatic rings. The largest absolute Gasteiger partial charge is 0.489 e. The van der Waals surface area contributed by atoms with Crippen LogP contribution in [0, 0.1) is 11.6 Å². The molecule has 0 spiro atoms. The van der Waals surface area contributed by atoms with E-state index in [4.69, 9.17) is 4.74 Å². The molecule has 2 aromatic carbocycles. The standard InChI is InChI=1S/C16H14F2O2/c17-14-2-1-3-15(18)13(14)9-20-11-5-6-12-10(8-11)4-7-16(12)19/h1-3,5-6,8,16,19H,4,7,9H2. The number of aliphatic hydroxyl groups is 1. The number of benzene rings is 2. The molecular formula is C16H14F2O2. The van der Waals surface area contributed by atoms with Crippen molar-refractivity contribution in [3.8, 4) is 5.75 Å². The van der Waals surface area contributed by atoms with Crippen molar-refractivity contribution in [1.82, 2.24) is 0 Å². The van der Waals surface area contributed by atoms with E-state index in [1.54, 1.807) is 12.1 Å². The molecule has 0 saturated heterocycles. The van der Waals surface area contributed by atoms with Crippen LogP contribution in [0.4, 0.5) is 8.78 Å². The summed E-state index contributed by atoms with van der Waals surface area (Å²) in [4.78, 5) is 0. The van der Waals surface area contributed by atoms with Gasteiger partial charge in [-0.15, -0.1) is 0 Å². The van der Waals surface area contributed by atoms with Gasteiger partial charge in [-0.05, 0) is 48.2 Å². The average Bonchev–Trinajstić information content (AvgIpc) is 2.79. The zero-order valence-electron chi connectivity index (χ0n) is 10.8. The Hall–Kier alpha value is -1.94. The number of rotatable bonds is 3. The molecule has 1 unspecified atom stereocenters. The van der Waals surface area contributed by atoms with Crippen LogP contribution in [0.5, 0.6) is 5.75 Å². The van der Waals surface area contributed by atoms with E-state index in [1.807, 2.05) is 6.07 Å². The first-order valence-electron chi connectivity index (χ1n) is 6.52. The van der Waals surface area contributed by atoms with Gasteiger partial charge in [-0.1, -0.05) is 12.1 Å². The molecule has 0 fully saturated rings. The summed E-state index contributed by atoms with van der Waals surface area (Å²) in [5, 5.41) is 9.71. The number of aliphatic hydroxyl groups excluding tert-OH is 1. The van der Waals surface area contributed by atoms with E-state index < -0.39 is 17.7 Å². The minimum Gasteiger partial charge on any atom is -0.489 e. The monoisotopic (exact) mass is 276 g/mol. The molecular weight excluding hydrogens is 262 g/mol. The summed E-state index contributed by atoms with van der Waals surface area (Å²) in [7, 11) is 0. The van der Waals surface area contributed by atoms with Crippen molar-refractivity contribution in [3.05, 3.63) is 64.7 Å². The van der Waals surface area contributed by atoms with Crippen molar-refractivity contribution < 1.29 is 18.6 Å². The maximum absolute atomic E-state index is 13.5. The van der Waals surface area contributed by atoms with Gasteiger partial charge in [0, 0.05) is 0 Å². The molecule has 0 radical (unpaired) electrons. The lowest BCUT2D eigenvalue weighted by Crippen LogP contribution is -2.02. The van der Waals surface area contributed by atoms with Gasteiger partial charge in [0.2, 0.25) is 0 Å². The Labute approximate surface area is 115 Å². The number of fused-ring (bicyclic) bond motifs is 1. The maximum Gasteiger partial charge on any atom is 0.132 e. The zero-order valence-corrected chi connectivity index (χ0v) is 10.8. The molecule has 20 heavy (non-hydrogen) atoms. The quantitative estimate of drug-likeness (QED) is 0.929. The average molecular weight is 276 g/mol. The van der Waals surface area contributed by atoms with E-state index in [-0.39, 0.29) is 12.2 Å². The van der Waals surface area contributed by atoms with Crippen LogP contribution in [0.3, 0.4) is 0 Å². The smallest absolute Gasteiger partial charge is 0.132 e. The molecule has 2 aromatic rings. The van der Waals surface area contributed by atoms with Crippen molar-refractivity contribution in [2.24, 2.45) is 0 Å². The predicted molar refractivity (Wildman–Crippen MR) is 70.4 cm³/mol. The zero-order chi connectivity index (χ0) is 14.1. The van der Waals surface area contributed by atoms with Crippen LogP contribution < -0.4 is 4.74 Å². The Balaban J connectivity index is 1.76. The van der Waals surface area contributed by atoms with Gasteiger partial charge in [-0.2, -0.15) is 0 Å². The molecule has 0 aliphatic heterocycles. The second kappa shape index (κ2) is 5.21. The molecule has 0 amide bonds. The van der Waals surface area contributed by atoms with Crippen molar-refractivity contribution >= 4 is 0 Å². The Morgan fingerprint density at radius 1 is 1.15 bits per heavy atom. The topological polar surface area (TPSA) is 29.5 Å². The van der Waals surface area contributed by atoms with Gasteiger partial charge >= 0.3 is 0 Å². The fourth-order valence-corrected chi connectivity index (χ4v) is 2.49. The fourth-order valence-electron chi connectivity index (χ4n) is 2.49. The summed E-state index contributed by atoms with van der Waals surface area (Å²) in [5.41, 5.74) is 1.87. The highest BCUT2D eigenvalue weighted by molar-refractivity contribution is 5.40. The van der Waals surface area contributed by atoms with Gasteiger partial charge in [0.25, 0.3) is 0 Å². The second-order valence-electron chi connectivity index (χ2n) is 4.90. The summed E-state index contributed by atoms with van der Waals surface area (Å²) in [6, 6.07) is 9.09. The van der Waals surface area contributed by atoms with Crippen LogP contribution in [0.25, 0.3) is 0 Å². The van der Waals surface area contributed by atoms with Gasteiger partial charge in [0.15, 0.2) is 0 Å². The van der Waals surface area contributed by atoms with Crippen LogP contribution in [0.15, 0.2) is 36.4 Å². The first kappa shape index (κ1) is 13.1. The van der Waals surface area contributed by atoms with Gasteiger partial charge in [-0.3, -0.25) is 0 Å². The van der Waals surface area contributed by atoms with E-state index in [9.17, 15) is 13.9 Å². The number of ether oxygens (including phenoxy) is 1. The minimum absolute atomic E-state index is 0.0759. The lowest BCUT2D eigenvalue weighted by Gasteiger charge is -2.10. The Bertz CT molecular complexity index is 620. The first-order valence-corrected chi connectivity index (χ1v) is 6.52. The van der Waals surface area contributed by atoms with Gasteiger partial charge in [-0.25, -0.2) is 8.78 Å². The maximum atomic E-state index is 13.5. The van der Waals surface area contributed by atoms with E-state index in [0.29, 0.717) is 12.2 Å². The third kappa shape index (κ3) is 2.39. The molecule has 1 atom stereocenters. The number of aryl methyl sites for hydroxylation is 1.